The molecule has 0 aromatic carbocycles. The summed E-state index contributed by atoms with van der Waals surface area (Å²) < 4.78 is 16.8. The van der Waals surface area contributed by atoms with E-state index in [1.165, 1.54) is 154 Å². The predicted octanol–water partition coefficient (Wildman–Crippen LogP) is 17.2. The molecule has 0 saturated heterocycles. The lowest BCUT2D eigenvalue weighted by atomic mass is 10.0. The highest BCUT2D eigenvalue weighted by atomic mass is 16.6. The fraction of sp³-hybridized carbons (Fsp3) is 0.870. The highest BCUT2D eigenvalue weighted by Crippen LogP contribution is 2.16. The van der Waals surface area contributed by atoms with E-state index in [2.05, 4.69) is 45.1 Å². The second kappa shape index (κ2) is 49.5. The lowest BCUT2D eigenvalue weighted by molar-refractivity contribution is -0.167. The van der Waals surface area contributed by atoms with Gasteiger partial charge < -0.3 is 14.2 Å². The summed E-state index contributed by atoms with van der Waals surface area (Å²) in [4.78, 5) is 37.9. The van der Waals surface area contributed by atoms with Crippen molar-refractivity contribution >= 4 is 17.9 Å². The van der Waals surface area contributed by atoms with Crippen LogP contribution in [0.4, 0.5) is 0 Å². The number of hydrogen-bond acceptors (Lipinski definition) is 6. The van der Waals surface area contributed by atoms with Crippen LogP contribution < -0.4 is 0 Å². The van der Waals surface area contributed by atoms with Gasteiger partial charge in [0.1, 0.15) is 13.2 Å². The molecule has 0 aliphatic heterocycles. The van der Waals surface area contributed by atoms with Gasteiger partial charge in [0.25, 0.3) is 0 Å². The lowest BCUT2D eigenvalue weighted by Crippen LogP contribution is -2.30. The first-order valence-electron chi connectivity index (χ1n) is 26.3. The van der Waals surface area contributed by atoms with Crippen LogP contribution in [0.15, 0.2) is 24.3 Å². The first-order chi connectivity index (χ1) is 29.5. The molecule has 0 aliphatic rings. The SMILES string of the molecule is CCCC/C=C\CCCCCCC(=O)OCC(COC(=O)CCCCCCCCCCCCCCCCCCCC)OC(=O)CCCCC/C=C\CCCCCCCCC. The second-order valence-corrected chi connectivity index (χ2v) is 17.8. The van der Waals surface area contributed by atoms with Crippen molar-refractivity contribution < 1.29 is 28.6 Å². The van der Waals surface area contributed by atoms with Gasteiger partial charge in [-0.3, -0.25) is 14.4 Å². The third-order valence-corrected chi connectivity index (χ3v) is 11.7. The van der Waals surface area contributed by atoms with Gasteiger partial charge in [0.2, 0.25) is 0 Å². The molecule has 0 radical (unpaired) electrons. The zero-order valence-corrected chi connectivity index (χ0v) is 40.2. The molecule has 0 rings (SSSR count). The Hall–Kier alpha value is -2.11. The van der Waals surface area contributed by atoms with Crippen molar-refractivity contribution in [1.82, 2.24) is 0 Å². The van der Waals surface area contributed by atoms with Crippen LogP contribution in [0.25, 0.3) is 0 Å². The predicted molar refractivity (Wildman–Crippen MR) is 256 cm³/mol. The van der Waals surface area contributed by atoms with Crippen molar-refractivity contribution in [2.24, 2.45) is 0 Å². The molecule has 0 amide bonds. The van der Waals surface area contributed by atoms with E-state index in [0.29, 0.717) is 19.3 Å². The minimum Gasteiger partial charge on any atom is -0.462 e. The van der Waals surface area contributed by atoms with Crippen LogP contribution in [0.5, 0.6) is 0 Å². The Morgan fingerprint density at radius 1 is 0.317 bits per heavy atom. The number of carbonyl (C=O) groups is 3. The van der Waals surface area contributed by atoms with Crippen LogP contribution in [0.3, 0.4) is 0 Å². The fourth-order valence-electron chi connectivity index (χ4n) is 7.65. The third kappa shape index (κ3) is 46.9. The van der Waals surface area contributed by atoms with E-state index in [1.54, 1.807) is 0 Å². The normalized spacial score (nSPS) is 12.1. The summed E-state index contributed by atoms with van der Waals surface area (Å²) in [6.07, 6.45) is 56.0. The third-order valence-electron chi connectivity index (χ3n) is 11.7. The topological polar surface area (TPSA) is 78.9 Å². The van der Waals surface area contributed by atoms with Gasteiger partial charge in [0, 0.05) is 19.3 Å². The molecule has 0 heterocycles. The Kier molecular flexibility index (Phi) is 47.8. The smallest absolute Gasteiger partial charge is 0.306 e. The van der Waals surface area contributed by atoms with Crippen molar-refractivity contribution in [3.8, 4) is 0 Å². The molecule has 352 valence electrons. The van der Waals surface area contributed by atoms with Gasteiger partial charge >= 0.3 is 17.9 Å². The number of esters is 3. The summed E-state index contributed by atoms with van der Waals surface area (Å²) in [5.74, 6) is -0.895. The Morgan fingerprint density at radius 2 is 0.567 bits per heavy atom. The van der Waals surface area contributed by atoms with E-state index < -0.39 is 6.10 Å². The molecular formula is C54H100O6. The standard InChI is InChI=1S/C54H100O6/c1-4-7-10-13-16-19-22-24-26-27-28-29-31-32-35-38-41-44-47-53(56)59-50-51(49-58-52(55)46-43-40-37-34-21-18-15-12-9-6-3)60-54(57)48-45-42-39-36-33-30-25-23-20-17-14-11-8-5-2/h15,18,30,33,51H,4-14,16-17,19-29,31-32,34-50H2,1-3H3/b18-15-,33-30-. The molecule has 0 aromatic rings. The quantitative estimate of drug-likeness (QED) is 0.0263. The van der Waals surface area contributed by atoms with Crippen LogP contribution in [0, 0.1) is 0 Å². The molecule has 0 fully saturated rings. The van der Waals surface area contributed by atoms with Crippen LogP contribution in [-0.2, 0) is 28.6 Å². The maximum absolute atomic E-state index is 12.8. The van der Waals surface area contributed by atoms with E-state index in [9.17, 15) is 14.4 Å². The van der Waals surface area contributed by atoms with Crippen molar-refractivity contribution in [2.75, 3.05) is 13.2 Å². The number of hydrogen-bond donors (Lipinski definition) is 0. The summed E-state index contributed by atoms with van der Waals surface area (Å²) >= 11 is 0. The average molecular weight is 845 g/mol. The summed E-state index contributed by atoms with van der Waals surface area (Å²) in [6, 6.07) is 0. The van der Waals surface area contributed by atoms with Crippen molar-refractivity contribution in [1.29, 1.82) is 0 Å². The first kappa shape index (κ1) is 57.9. The van der Waals surface area contributed by atoms with Crippen LogP contribution in [0.1, 0.15) is 284 Å². The molecule has 0 N–H and O–H groups in total. The maximum atomic E-state index is 12.8. The minimum atomic E-state index is -0.778. The minimum absolute atomic E-state index is 0.0772. The average Bonchev–Trinajstić information content (AvgIpc) is 3.24. The number of unbranched alkanes of at least 4 members (excludes halogenated alkanes) is 33. The molecule has 0 saturated carbocycles. The van der Waals surface area contributed by atoms with Crippen LogP contribution in [-0.4, -0.2) is 37.2 Å². The number of allylic oxidation sites excluding steroid dienone is 4. The Bertz CT molecular complexity index is 973. The van der Waals surface area contributed by atoms with Gasteiger partial charge in [-0.15, -0.1) is 0 Å². The van der Waals surface area contributed by atoms with Crippen LogP contribution in [0.2, 0.25) is 0 Å². The molecule has 6 heteroatoms. The lowest BCUT2D eigenvalue weighted by Gasteiger charge is -2.18. The van der Waals surface area contributed by atoms with Crippen LogP contribution >= 0.6 is 0 Å². The Morgan fingerprint density at radius 3 is 0.900 bits per heavy atom. The maximum Gasteiger partial charge on any atom is 0.306 e. The number of ether oxygens (including phenoxy) is 3. The summed E-state index contributed by atoms with van der Waals surface area (Å²) in [6.45, 7) is 6.60. The first-order valence-corrected chi connectivity index (χ1v) is 26.3. The van der Waals surface area contributed by atoms with E-state index in [0.717, 1.165) is 89.9 Å². The van der Waals surface area contributed by atoms with Gasteiger partial charge in [-0.1, -0.05) is 225 Å². The largest absolute Gasteiger partial charge is 0.462 e. The molecule has 1 atom stereocenters. The molecular weight excluding hydrogens is 745 g/mol. The van der Waals surface area contributed by atoms with Crippen molar-refractivity contribution in [3.63, 3.8) is 0 Å². The molecule has 0 aromatic heterocycles. The highest BCUT2D eigenvalue weighted by molar-refractivity contribution is 5.71. The van der Waals surface area contributed by atoms with Gasteiger partial charge in [0.05, 0.1) is 0 Å². The molecule has 6 nitrogen and oxygen atoms in total. The molecule has 1 unspecified atom stereocenters. The molecule has 0 bridgehead atoms. The van der Waals surface area contributed by atoms with Crippen molar-refractivity contribution in [2.45, 2.75) is 290 Å². The van der Waals surface area contributed by atoms with Gasteiger partial charge in [-0.05, 0) is 64.2 Å². The van der Waals surface area contributed by atoms with E-state index >= 15 is 0 Å². The van der Waals surface area contributed by atoms with E-state index in [-0.39, 0.29) is 31.1 Å². The summed E-state index contributed by atoms with van der Waals surface area (Å²) in [7, 11) is 0. The molecule has 0 spiro atoms. The zero-order valence-electron chi connectivity index (χ0n) is 40.2. The molecule has 0 aliphatic carbocycles. The monoisotopic (exact) mass is 845 g/mol. The highest BCUT2D eigenvalue weighted by Gasteiger charge is 2.19. The summed E-state index contributed by atoms with van der Waals surface area (Å²) in [5.41, 5.74) is 0. The Balaban J connectivity index is 4.30. The summed E-state index contributed by atoms with van der Waals surface area (Å²) in [5, 5.41) is 0. The van der Waals surface area contributed by atoms with Gasteiger partial charge in [-0.2, -0.15) is 0 Å². The molecule has 60 heavy (non-hydrogen) atoms. The zero-order chi connectivity index (χ0) is 43.7. The van der Waals surface area contributed by atoms with E-state index in [1.807, 2.05) is 0 Å². The van der Waals surface area contributed by atoms with Gasteiger partial charge in [-0.25, -0.2) is 0 Å². The Labute approximate surface area is 373 Å². The van der Waals surface area contributed by atoms with Gasteiger partial charge in [0.15, 0.2) is 6.10 Å². The fourth-order valence-corrected chi connectivity index (χ4v) is 7.65. The van der Waals surface area contributed by atoms with E-state index in [4.69, 9.17) is 14.2 Å². The van der Waals surface area contributed by atoms with Crippen molar-refractivity contribution in [3.05, 3.63) is 24.3 Å². The number of rotatable bonds is 48. The number of carbonyl (C=O) groups excluding carboxylic acids is 3. The second-order valence-electron chi connectivity index (χ2n) is 17.8.